The molecule has 0 fully saturated rings. The SMILES string of the molecule is COc1cc(N=Nc2c(O)c(N(C=O)c3cccc4ccccc34)cc3ccccc23)c(OC)cc1N=Nc1cccc(S(=O)(=O)F)c1. The van der Waals surface area contributed by atoms with Crippen LogP contribution in [-0.2, 0) is 15.0 Å². The maximum Gasteiger partial charge on any atom is 0.332 e. The number of rotatable bonds is 10. The van der Waals surface area contributed by atoms with Gasteiger partial charge in [-0.05, 0) is 41.1 Å². The fraction of sp³-hybridized carbons (Fsp3) is 0.0571. The number of methoxy groups -OCH3 is 2. The van der Waals surface area contributed by atoms with Crippen molar-refractivity contribution < 1.29 is 31.7 Å². The van der Waals surface area contributed by atoms with E-state index < -0.39 is 15.1 Å². The van der Waals surface area contributed by atoms with E-state index in [2.05, 4.69) is 20.5 Å². The normalized spacial score (nSPS) is 11.8. The van der Waals surface area contributed by atoms with Crippen LogP contribution >= 0.6 is 0 Å². The van der Waals surface area contributed by atoms with E-state index in [9.17, 15) is 22.2 Å². The van der Waals surface area contributed by atoms with Crippen molar-refractivity contribution in [3.05, 3.63) is 109 Å². The molecule has 0 heterocycles. The number of ether oxygens (including phenoxy) is 2. The number of hydrogen-bond donors (Lipinski definition) is 1. The van der Waals surface area contributed by atoms with Crippen LogP contribution in [0.2, 0.25) is 0 Å². The summed E-state index contributed by atoms with van der Waals surface area (Å²) in [4.78, 5) is 13.4. The molecular formula is C35H26FN5O6S. The Hall–Kier alpha value is -6.21. The molecule has 1 amide bonds. The maximum absolute atomic E-state index is 13.5. The van der Waals surface area contributed by atoms with Crippen LogP contribution in [0.25, 0.3) is 21.5 Å². The summed E-state index contributed by atoms with van der Waals surface area (Å²) in [7, 11) is -2.10. The average Bonchev–Trinajstić information content (AvgIpc) is 3.10. The first-order valence-electron chi connectivity index (χ1n) is 14.3. The minimum Gasteiger partial charge on any atom is -0.504 e. The van der Waals surface area contributed by atoms with Crippen LogP contribution in [0.4, 0.5) is 38.0 Å². The quantitative estimate of drug-likeness (QED) is 0.0879. The van der Waals surface area contributed by atoms with Crippen LogP contribution < -0.4 is 14.4 Å². The minimum atomic E-state index is -4.92. The van der Waals surface area contributed by atoms with Crippen molar-refractivity contribution in [3.63, 3.8) is 0 Å². The molecule has 0 aliphatic heterocycles. The van der Waals surface area contributed by atoms with Gasteiger partial charge in [-0.2, -0.15) is 13.5 Å². The highest BCUT2D eigenvalue weighted by Crippen LogP contribution is 2.47. The lowest BCUT2D eigenvalue weighted by Gasteiger charge is -2.22. The van der Waals surface area contributed by atoms with Crippen LogP contribution in [0.1, 0.15) is 0 Å². The molecule has 6 aromatic carbocycles. The van der Waals surface area contributed by atoms with E-state index in [1.165, 1.54) is 43.4 Å². The van der Waals surface area contributed by atoms with Gasteiger partial charge in [0.15, 0.2) is 5.75 Å². The third kappa shape index (κ3) is 6.26. The van der Waals surface area contributed by atoms with Gasteiger partial charge in [0.25, 0.3) is 0 Å². The van der Waals surface area contributed by atoms with Crippen LogP contribution in [0.3, 0.4) is 0 Å². The lowest BCUT2D eigenvalue weighted by atomic mass is 10.0. The van der Waals surface area contributed by atoms with Gasteiger partial charge in [-0.15, -0.1) is 19.2 Å². The van der Waals surface area contributed by atoms with E-state index in [1.54, 1.807) is 24.3 Å². The van der Waals surface area contributed by atoms with Crippen molar-refractivity contribution in [2.75, 3.05) is 19.1 Å². The van der Waals surface area contributed by atoms with Gasteiger partial charge >= 0.3 is 10.2 Å². The Bertz CT molecular complexity index is 2360. The molecule has 0 bridgehead atoms. The molecule has 0 unspecified atom stereocenters. The van der Waals surface area contributed by atoms with Gasteiger partial charge < -0.3 is 14.6 Å². The molecule has 13 heteroatoms. The topological polar surface area (TPSA) is 143 Å². The van der Waals surface area contributed by atoms with Gasteiger partial charge in [-0.25, -0.2) is 0 Å². The van der Waals surface area contributed by atoms with Gasteiger partial charge in [0.05, 0.1) is 31.3 Å². The minimum absolute atomic E-state index is 0.0913. The summed E-state index contributed by atoms with van der Waals surface area (Å²) < 4.78 is 47.1. The molecule has 1 N–H and O–H groups in total. The maximum atomic E-state index is 13.5. The van der Waals surface area contributed by atoms with Crippen molar-refractivity contribution >= 4 is 72.3 Å². The predicted octanol–water partition coefficient (Wildman–Crippen LogP) is 9.50. The van der Waals surface area contributed by atoms with Crippen molar-refractivity contribution in [1.29, 1.82) is 0 Å². The standard InChI is InChI=1S/C35H26FN5O6S/c1-46-32-20-29(33(47-2)19-28(32)38-37-24-12-8-13-25(18-24)48(36,44)45)39-40-34-27-15-6-4-10-23(27)17-31(35(34)43)41(21-42)30-16-7-11-22-9-3-5-14-26(22)30/h3-21,43H,1-2H3. The fourth-order valence-corrected chi connectivity index (χ4v) is 5.69. The molecule has 0 radical (unpaired) electrons. The van der Waals surface area contributed by atoms with E-state index in [1.807, 2.05) is 48.5 Å². The number of fused-ring (bicyclic) bond motifs is 2. The Kier molecular flexibility index (Phi) is 8.77. The Labute approximate surface area is 274 Å². The number of phenolic OH excluding ortho intramolecular Hbond substituents is 1. The number of carbonyl (C=O) groups excluding carboxylic acids is 1. The van der Waals surface area contributed by atoms with E-state index in [-0.39, 0.29) is 45.7 Å². The Morgan fingerprint density at radius 1 is 0.688 bits per heavy atom. The first-order valence-corrected chi connectivity index (χ1v) is 15.7. The predicted molar refractivity (Wildman–Crippen MR) is 180 cm³/mol. The Morgan fingerprint density at radius 2 is 1.29 bits per heavy atom. The number of amides is 1. The largest absolute Gasteiger partial charge is 0.504 e. The van der Waals surface area contributed by atoms with Crippen LogP contribution in [-0.4, -0.2) is 34.2 Å². The second kappa shape index (κ2) is 13.3. The summed E-state index contributed by atoms with van der Waals surface area (Å²) in [5, 5.41) is 31.6. The number of benzene rings is 6. The highest BCUT2D eigenvalue weighted by atomic mass is 32.3. The zero-order valence-electron chi connectivity index (χ0n) is 25.5. The number of nitrogens with zero attached hydrogens (tertiary/aromatic N) is 5. The number of anilines is 2. The highest BCUT2D eigenvalue weighted by Gasteiger charge is 2.21. The first kappa shape index (κ1) is 31.8. The molecule has 0 aliphatic carbocycles. The molecule has 240 valence electrons. The number of hydrogen-bond acceptors (Lipinski definition) is 10. The summed E-state index contributed by atoms with van der Waals surface area (Å²) in [5.41, 5.74) is 1.41. The average molecular weight is 664 g/mol. The third-order valence-electron chi connectivity index (χ3n) is 7.48. The second-order valence-electron chi connectivity index (χ2n) is 10.3. The fourth-order valence-electron chi connectivity index (χ4n) is 5.18. The molecule has 11 nitrogen and oxygen atoms in total. The molecule has 0 saturated heterocycles. The summed E-state index contributed by atoms with van der Waals surface area (Å²) in [5.74, 6) is 0.166. The molecule has 0 aromatic heterocycles. The molecule has 6 rings (SSSR count). The van der Waals surface area contributed by atoms with Crippen molar-refractivity contribution in [2.45, 2.75) is 4.90 Å². The molecule has 0 saturated carbocycles. The summed E-state index contributed by atoms with van der Waals surface area (Å²) >= 11 is 0. The van der Waals surface area contributed by atoms with Crippen LogP contribution in [0.5, 0.6) is 17.2 Å². The number of azo groups is 2. The summed E-state index contributed by atoms with van der Waals surface area (Å²) in [6.07, 6.45) is 0.639. The van der Waals surface area contributed by atoms with E-state index in [0.717, 1.165) is 22.9 Å². The number of carbonyl (C=O) groups is 1. The summed E-state index contributed by atoms with van der Waals surface area (Å²) in [6.45, 7) is 0. The van der Waals surface area contributed by atoms with Gasteiger partial charge in [-0.1, -0.05) is 66.7 Å². The second-order valence-corrected chi connectivity index (χ2v) is 11.7. The first-order chi connectivity index (χ1) is 23.2. The number of aromatic hydroxyl groups is 1. The zero-order valence-corrected chi connectivity index (χ0v) is 26.3. The molecular weight excluding hydrogens is 637 g/mol. The Balaban J connectivity index is 1.42. The van der Waals surface area contributed by atoms with Crippen LogP contribution in [0.15, 0.2) is 135 Å². The van der Waals surface area contributed by atoms with E-state index >= 15 is 0 Å². The van der Waals surface area contributed by atoms with Crippen molar-refractivity contribution in [3.8, 4) is 17.2 Å². The van der Waals surface area contributed by atoms with Gasteiger partial charge in [0, 0.05) is 22.9 Å². The van der Waals surface area contributed by atoms with E-state index in [4.69, 9.17) is 9.47 Å². The monoisotopic (exact) mass is 663 g/mol. The smallest absolute Gasteiger partial charge is 0.332 e. The molecule has 0 atom stereocenters. The number of halogens is 1. The zero-order chi connectivity index (χ0) is 33.8. The molecule has 48 heavy (non-hydrogen) atoms. The molecule has 6 aromatic rings. The van der Waals surface area contributed by atoms with Crippen molar-refractivity contribution in [2.24, 2.45) is 20.5 Å². The number of phenols is 1. The third-order valence-corrected chi connectivity index (χ3v) is 8.29. The van der Waals surface area contributed by atoms with Crippen molar-refractivity contribution in [1.82, 2.24) is 0 Å². The lowest BCUT2D eigenvalue weighted by molar-refractivity contribution is -0.106. The molecule has 0 spiro atoms. The van der Waals surface area contributed by atoms with Crippen LogP contribution in [0, 0.1) is 0 Å². The Morgan fingerprint density at radius 3 is 1.96 bits per heavy atom. The van der Waals surface area contributed by atoms with E-state index in [0.29, 0.717) is 22.9 Å². The van der Waals surface area contributed by atoms with Gasteiger partial charge in [0.1, 0.15) is 33.5 Å². The summed E-state index contributed by atoms with van der Waals surface area (Å²) in [6, 6.07) is 30.1. The van der Waals surface area contributed by atoms with Gasteiger partial charge in [0.2, 0.25) is 6.41 Å². The lowest BCUT2D eigenvalue weighted by Crippen LogP contribution is -2.14. The molecule has 0 aliphatic rings. The highest BCUT2D eigenvalue weighted by molar-refractivity contribution is 7.86. The van der Waals surface area contributed by atoms with Gasteiger partial charge in [-0.3, -0.25) is 9.69 Å².